The number of carboxylic acid groups (broad SMARTS) is 1. The van der Waals surface area contributed by atoms with Crippen LogP contribution in [0.4, 0.5) is 11.5 Å². The number of halogens is 1. The molecule has 0 aliphatic carbocycles. The largest absolute Gasteiger partial charge is 0.479 e. The molecule has 0 saturated heterocycles. The summed E-state index contributed by atoms with van der Waals surface area (Å²) in [7, 11) is 1.26. The van der Waals surface area contributed by atoms with Crippen molar-refractivity contribution >= 4 is 29.1 Å². The van der Waals surface area contributed by atoms with Crippen LogP contribution in [0.5, 0.6) is 0 Å². The van der Waals surface area contributed by atoms with Crippen LogP contribution in [-0.4, -0.2) is 40.7 Å². The topological polar surface area (TPSA) is 115 Å². The Labute approximate surface area is 107 Å². The lowest BCUT2D eigenvalue weighted by atomic mass is 10.3. The SMILES string of the molecule is COC(CNc1ncc([N+](=O)[O-])cc1Cl)C(=O)O. The van der Waals surface area contributed by atoms with Crippen LogP contribution in [0, 0.1) is 10.1 Å². The van der Waals surface area contributed by atoms with Crippen molar-refractivity contribution in [2.24, 2.45) is 0 Å². The van der Waals surface area contributed by atoms with Gasteiger partial charge in [0.2, 0.25) is 0 Å². The van der Waals surface area contributed by atoms with Gasteiger partial charge in [0.25, 0.3) is 5.69 Å². The predicted octanol–water partition coefficient (Wildman–Crippen LogP) is 1.15. The molecular formula is C9H10ClN3O5. The van der Waals surface area contributed by atoms with Crippen molar-refractivity contribution in [1.82, 2.24) is 4.98 Å². The fourth-order valence-electron chi connectivity index (χ4n) is 1.12. The molecule has 0 fully saturated rings. The standard InChI is InChI=1S/C9H10ClN3O5/c1-18-7(9(14)15)4-12-8-6(10)2-5(3-11-8)13(16)17/h2-3,7H,4H2,1H3,(H,11,12)(H,14,15). The molecule has 1 aromatic heterocycles. The van der Waals surface area contributed by atoms with Gasteiger partial charge in [-0.25, -0.2) is 9.78 Å². The van der Waals surface area contributed by atoms with Gasteiger partial charge in [-0.3, -0.25) is 10.1 Å². The maximum atomic E-state index is 10.7. The van der Waals surface area contributed by atoms with Gasteiger partial charge in [-0.2, -0.15) is 0 Å². The molecule has 0 aliphatic rings. The zero-order chi connectivity index (χ0) is 13.7. The third-order valence-electron chi connectivity index (χ3n) is 2.05. The second-order valence-corrected chi connectivity index (χ2v) is 3.63. The molecule has 1 aromatic rings. The summed E-state index contributed by atoms with van der Waals surface area (Å²) in [5.41, 5.74) is -0.243. The first-order valence-electron chi connectivity index (χ1n) is 4.75. The number of nitrogens with one attached hydrogen (secondary N) is 1. The highest BCUT2D eigenvalue weighted by atomic mass is 35.5. The van der Waals surface area contributed by atoms with Crippen molar-refractivity contribution in [3.05, 3.63) is 27.4 Å². The molecule has 0 aromatic carbocycles. The number of hydrogen-bond donors (Lipinski definition) is 2. The number of anilines is 1. The van der Waals surface area contributed by atoms with Crippen LogP contribution in [0.3, 0.4) is 0 Å². The Morgan fingerprint density at radius 2 is 2.44 bits per heavy atom. The molecule has 0 saturated carbocycles. The number of pyridine rings is 1. The first-order valence-corrected chi connectivity index (χ1v) is 5.13. The fourth-order valence-corrected chi connectivity index (χ4v) is 1.35. The van der Waals surface area contributed by atoms with Crippen molar-refractivity contribution in [3.8, 4) is 0 Å². The van der Waals surface area contributed by atoms with E-state index in [9.17, 15) is 14.9 Å². The van der Waals surface area contributed by atoms with E-state index in [2.05, 4.69) is 10.3 Å². The molecule has 1 unspecified atom stereocenters. The van der Waals surface area contributed by atoms with E-state index in [1.807, 2.05) is 0 Å². The minimum absolute atomic E-state index is 0.0319. The van der Waals surface area contributed by atoms with Gasteiger partial charge in [0.1, 0.15) is 12.0 Å². The molecule has 0 radical (unpaired) electrons. The molecule has 2 N–H and O–H groups in total. The number of methoxy groups -OCH3 is 1. The fraction of sp³-hybridized carbons (Fsp3) is 0.333. The number of carbonyl (C=O) groups is 1. The van der Waals surface area contributed by atoms with E-state index in [0.717, 1.165) is 12.3 Å². The first kappa shape index (κ1) is 14.1. The normalized spacial score (nSPS) is 11.9. The highest BCUT2D eigenvalue weighted by Crippen LogP contribution is 2.23. The number of hydrogen-bond acceptors (Lipinski definition) is 6. The lowest BCUT2D eigenvalue weighted by Crippen LogP contribution is -2.30. The van der Waals surface area contributed by atoms with Gasteiger partial charge in [0.15, 0.2) is 6.10 Å². The van der Waals surface area contributed by atoms with Gasteiger partial charge < -0.3 is 15.2 Å². The Morgan fingerprint density at radius 3 is 2.89 bits per heavy atom. The molecule has 8 nitrogen and oxygen atoms in total. The number of aliphatic carboxylic acids is 1. The van der Waals surface area contributed by atoms with E-state index in [4.69, 9.17) is 21.4 Å². The Bertz CT molecular complexity index is 468. The van der Waals surface area contributed by atoms with Crippen LogP contribution in [0.2, 0.25) is 5.02 Å². The zero-order valence-corrected chi connectivity index (χ0v) is 10.0. The number of aromatic nitrogens is 1. The number of nitrogens with zero attached hydrogens (tertiary/aromatic N) is 2. The highest BCUT2D eigenvalue weighted by Gasteiger charge is 2.17. The quantitative estimate of drug-likeness (QED) is 0.591. The van der Waals surface area contributed by atoms with Crippen molar-refractivity contribution in [2.75, 3.05) is 19.0 Å². The molecule has 0 spiro atoms. The second-order valence-electron chi connectivity index (χ2n) is 3.22. The minimum Gasteiger partial charge on any atom is -0.479 e. The van der Waals surface area contributed by atoms with Gasteiger partial charge in [0.05, 0.1) is 16.5 Å². The van der Waals surface area contributed by atoms with Crippen molar-refractivity contribution in [3.63, 3.8) is 0 Å². The zero-order valence-electron chi connectivity index (χ0n) is 9.29. The lowest BCUT2D eigenvalue weighted by molar-refractivity contribution is -0.385. The summed E-state index contributed by atoms with van der Waals surface area (Å²) in [6.07, 6.45) is -0.0328. The average Bonchev–Trinajstić information content (AvgIpc) is 2.30. The maximum absolute atomic E-state index is 10.7. The van der Waals surface area contributed by atoms with Crippen LogP contribution in [0.25, 0.3) is 0 Å². The second kappa shape index (κ2) is 6.12. The lowest BCUT2D eigenvalue weighted by Gasteiger charge is -2.12. The van der Waals surface area contributed by atoms with E-state index < -0.39 is 17.0 Å². The molecule has 98 valence electrons. The van der Waals surface area contributed by atoms with Gasteiger partial charge in [0, 0.05) is 13.2 Å². The predicted molar refractivity (Wildman–Crippen MR) is 62.8 cm³/mol. The van der Waals surface area contributed by atoms with Gasteiger partial charge in [-0.1, -0.05) is 11.6 Å². The number of ether oxygens (including phenoxy) is 1. The van der Waals surface area contributed by atoms with E-state index >= 15 is 0 Å². The van der Waals surface area contributed by atoms with E-state index in [1.165, 1.54) is 7.11 Å². The Hall–Kier alpha value is -1.93. The summed E-state index contributed by atoms with van der Waals surface area (Å²) in [4.78, 5) is 24.2. The third kappa shape index (κ3) is 3.54. The van der Waals surface area contributed by atoms with Crippen LogP contribution < -0.4 is 5.32 Å². The van der Waals surface area contributed by atoms with Crippen LogP contribution in [0.15, 0.2) is 12.3 Å². The van der Waals surface area contributed by atoms with E-state index in [-0.39, 0.29) is 23.1 Å². The van der Waals surface area contributed by atoms with Gasteiger partial charge in [-0.15, -0.1) is 0 Å². The summed E-state index contributed by atoms with van der Waals surface area (Å²) >= 11 is 5.76. The Kier molecular flexibility index (Phi) is 4.81. The molecule has 0 aliphatic heterocycles. The molecule has 0 amide bonds. The first-order chi connectivity index (χ1) is 8.45. The molecule has 9 heteroatoms. The number of carboxylic acids is 1. The summed E-state index contributed by atoms with van der Waals surface area (Å²) in [5.74, 6) is -0.978. The van der Waals surface area contributed by atoms with Crippen molar-refractivity contribution in [1.29, 1.82) is 0 Å². The Morgan fingerprint density at radius 1 is 1.78 bits per heavy atom. The molecular weight excluding hydrogens is 266 g/mol. The minimum atomic E-state index is -1.14. The average molecular weight is 276 g/mol. The van der Waals surface area contributed by atoms with Crippen molar-refractivity contribution < 1.29 is 19.6 Å². The molecule has 18 heavy (non-hydrogen) atoms. The van der Waals surface area contributed by atoms with Crippen LogP contribution in [-0.2, 0) is 9.53 Å². The Balaban J connectivity index is 2.74. The van der Waals surface area contributed by atoms with E-state index in [0.29, 0.717) is 0 Å². The molecule has 1 rings (SSSR count). The summed E-state index contributed by atoms with van der Waals surface area (Å²) in [6, 6.07) is 1.12. The number of nitro groups is 1. The van der Waals surface area contributed by atoms with Crippen LogP contribution in [0.1, 0.15) is 0 Å². The summed E-state index contributed by atoms with van der Waals surface area (Å²) in [6.45, 7) is -0.0592. The maximum Gasteiger partial charge on any atom is 0.334 e. The van der Waals surface area contributed by atoms with Crippen LogP contribution >= 0.6 is 11.6 Å². The highest BCUT2D eigenvalue weighted by molar-refractivity contribution is 6.33. The molecule has 0 bridgehead atoms. The summed E-state index contributed by atoms with van der Waals surface area (Å²) < 4.78 is 4.69. The molecule has 1 atom stereocenters. The summed E-state index contributed by atoms with van der Waals surface area (Å²) in [5, 5.41) is 21.9. The van der Waals surface area contributed by atoms with Gasteiger partial charge in [-0.05, 0) is 0 Å². The van der Waals surface area contributed by atoms with Crippen molar-refractivity contribution in [2.45, 2.75) is 6.10 Å². The van der Waals surface area contributed by atoms with Gasteiger partial charge >= 0.3 is 5.97 Å². The smallest absolute Gasteiger partial charge is 0.334 e. The molecule has 1 heterocycles. The van der Waals surface area contributed by atoms with E-state index in [1.54, 1.807) is 0 Å². The monoisotopic (exact) mass is 275 g/mol. The third-order valence-corrected chi connectivity index (χ3v) is 2.34. The number of rotatable bonds is 6.